The molecule has 0 atom stereocenters. The van der Waals surface area contributed by atoms with Crippen molar-refractivity contribution >= 4 is 23.2 Å². The van der Waals surface area contributed by atoms with Crippen molar-refractivity contribution in [1.82, 2.24) is 10.2 Å². The average molecular weight is 433 g/mol. The van der Waals surface area contributed by atoms with Crippen LogP contribution in [-0.4, -0.2) is 36.3 Å². The van der Waals surface area contributed by atoms with Gasteiger partial charge in [0.2, 0.25) is 5.91 Å². The molecule has 1 N–H and O–H groups in total. The van der Waals surface area contributed by atoms with E-state index in [2.05, 4.69) is 28.9 Å². The quantitative estimate of drug-likeness (QED) is 0.533. The highest BCUT2D eigenvalue weighted by Gasteiger charge is 2.27. The summed E-state index contributed by atoms with van der Waals surface area (Å²) in [7, 11) is 0. The van der Waals surface area contributed by atoms with Crippen molar-refractivity contribution in [2.75, 3.05) is 19.6 Å². The highest BCUT2D eigenvalue weighted by molar-refractivity contribution is 7.13. The Kier molecular flexibility index (Phi) is 7.15. The Hall–Kier alpha value is -2.92. The maximum absolute atomic E-state index is 12.8. The van der Waals surface area contributed by atoms with Crippen LogP contribution in [0.5, 0.6) is 0 Å². The summed E-state index contributed by atoms with van der Waals surface area (Å²) in [5.74, 6) is 0.182. The van der Waals surface area contributed by atoms with Gasteiger partial charge >= 0.3 is 0 Å². The van der Waals surface area contributed by atoms with Gasteiger partial charge in [0, 0.05) is 36.0 Å². The van der Waals surface area contributed by atoms with Crippen LogP contribution < -0.4 is 5.32 Å². The third-order valence-electron chi connectivity index (χ3n) is 5.87. The summed E-state index contributed by atoms with van der Waals surface area (Å²) < 4.78 is 0. The number of carbonyl (C=O) groups is 2. The molecule has 1 saturated heterocycles. The van der Waals surface area contributed by atoms with Gasteiger partial charge in [-0.25, -0.2) is 0 Å². The van der Waals surface area contributed by atoms with Crippen LogP contribution in [0.2, 0.25) is 0 Å². The molecule has 0 saturated carbocycles. The molecule has 0 unspecified atom stereocenters. The summed E-state index contributed by atoms with van der Waals surface area (Å²) in [6.07, 6.45) is 3.36. The molecule has 0 spiro atoms. The molecule has 4 rings (SSSR count). The highest BCUT2D eigenvalue weighted by Crippen LogP contribution is 2.25. The standard InChI is InChI=1S/C26H28N2O2S/c29-25(27-16-4-8-20-6-2-1-3-7-20)22-14-17-28(18-15-22)26(30)23-12-10-21(11-13-23)24-9-5-19-31-24/h1-3,5-7,9-13,19,22H,4,8,14-18H2,(H,27,29). The lowest BCUT2D eigenvalue weighted by Gasteiger charge is -2.31. The molecule has 1 aliphatic rings. The van der Waals surface area contributed by atoms with E-state index in [1.807, 2.05) is 53.4 Å². The van der Waals surface area contributed by atoms with Crippen LogP contribution >= 0.6 is 11.3 Å². The number of hydrogen-bond donors (Lipinski definition) is 1. The van der Waals surface area contributed by atoms with Crippen LogP contribution in [0.4, 0.5) is 0 Å². The molecule has 1 fully saturated rings. The molecule has 5 heteroatoms. The second-order valence-corrected chi connectivity index (χ2v) is 8.95. The summed E-state index contributed by atoms with van der Waals surface area (Å²) in [5.41, 5.74) is 3.14. The Morgan fingerprint density at radius 1 is 0.935 bits per heavy atom. The van der Waals surface area contributed by atoms with Gasteiger partial charge in [-0.05, 0) is 60.4 Å². The van der Waals surface area contributed by atoms with Crippen molar-refractivity contribution in [2.45, 2.75) is 25.7 Å². The Morgan fingerprint density at radius 3 is 2.35 bits per heavy atom. The molecule has 2 heterocycles. The number of rotatable bonds is 7. The van der Waals surface area contributed by atoms with Crippen LogP contribution in [0.1, 0.15) is 35.2 Å². The van der Waals surface area contributed by atoms with Gasteiger partial charge in [-0.1, -0.05) is 48.5 Å². The predicted octanol–water partition coefficient (Wildman–Crippen LogP) is 5.02. The smallest absolute Gasteiger partial charge is 0.253 e. The number of carbonyl (C=O) groups excluding carboxylic acids is 2. The zero-order chi connectivity index (χ0) is 21.5. The van der Waals surface area contributed by atoms with E-state index in [-0.39, 0.29) is 17.7 Å². The molecule has 160 valence electrons. The lowest BCUT2D eigenvalue weighted by molar-refractivity contribution is -0.126. The SMILES string of the molecule is O=C(NCCCc1ccccc1)C1CCN(C(=O)c2ccc(-c3cccs3)cc2)CC1. The predicted molar refractivity (Wildman–Crippen MR) is 126 cm³/mol. The van der Waals surface area contributed by atoms with Crippen LogP contribution in [0.3, 0.4) is 0 Å². The van der Waals surface area contributed by atoms with Gasteiger partial charge in [-0.2, -0.15) is 0 Å². The highest BCUT2D eigenvalue weighted by atomic mass is 32.1. The van der Waals surface area contributed by atoms with Crippen LogP contribution in [-0.2, 0) is 11.2 Å². The molecular formula is C26H28N2O2S. The fraction of sp³-hybridized carbons (Fsp3) is 0.308. The molecule has 1 aliphatic heterocycles. The number of hydrogen-bond acceptors (Lipinski definition) is 3. The van der Waals surface area contributed by atoms with E-state index in [1.165, 1.54) is 10.4 Å². The van der Waals surface area contributed by atoms with Crippen molar-refractivity contribution in [1.29, 1.82) is 0 Å². The number of benzene rings is 2. The Balaban J connectivity index is 1.20. The van der Waals surface area contributed by atoms with Crippen molar-refractivity contribution in [3.05, 3.63) is 83.2 Å². The molecule has 3 aromatic rings. The van der Waals surface area contributed by atoms with E-state index in [0.717, 1.165) is 31.2 Å². The van der Waals surface area contributed by atoms with Gasteiger partial charge in [0.05, 0.1) is 0 Å². The number of nitrogens with zero attached hydrogens (tertiary/aromatic N) is 1. The number of thiophene rings is 1. The maximum atomic E-state index is 12.8. The zero-order valence-corrected chi connectivity index (χ0v) is 18.4. The van der Waals surface area contributed by atoms with Crippen molar-refractivity contribution in [3.8, 4) is 10.4 Å². The molecule has 4 nitrogen and oxygen atoms in total. The summed E-state index contributed by atoms with van der Waals surface area (Å²) in [6, 6.07) is 22.3. The van der Waals surface area contributed by atoms with Crippen LogP contribution in [0.15, 0.2) is 72.1 Å². The first-order valence-electron chi connectivity index (χ1n) is 11.0. The first-order valence-corrected chi connectivity index (χ1v) is 11.8. The van der Waals surface area contributed by atoms with Gasteiger partial charge < -0.3 is 10.2 Å². The number of amides is 2. The van der Waals surface area contributed by atoms with Crippen molar-refractivity contribution < 1.29 is 9.59 Å². The van der Waals surface area contributed by atoms with Gasteiger partial charge in [-0.15, -0.1) is 11.3 Å². The second-order valence-electron chi connectivity index (χ2n) is 8.00. The van der Waals surface area contributed by atoms with Gasteiger partial charge in [0.1, 0.15) is 0 Å². The van der Waals surface area contributed by atoms with Crippen LogP contribution in [0, 0.1) is 5.92 Å². The fourth-order valence-corrected chi connectivity index (χ4v) is 4.77. The Morgan fingerprint density at radius 2 is 1.68 bits per heavy atom. The zero-order valence-electron chi connectivity index (χ0n) is 17.6. The Labute approximate surface area is 187 Å². The van der Waals surface area contributed by atoms with Crippen molar-refractivity contribution in [2.24, 2.45) is 5.92 Å². The lowest BCUT2D eigenvalue weighted by atomic mass is 9.95. The number of piperidine rings is 1. The molecule has 0 aliphatic carbocycles. The van der Waals surface area contributed by atoms with Gasteiger partial charge in [-0.3, -0.25) is 9.59 Å². The minimum Gasteiger partial charge on any atom is -0.356 e. The number of aryl methyl sites for hydroxylation is 1. The summed E-state index contributed by atoms with van der Waals surface area (Å²) in [6.45, 7) is 1.96. The molecule has 31 heavy (non-hydrogen) atoms. The van der Waals surface area contributed by atoms with E-state index < -0.39 is 0 Å². The third kappa shape index (κ3) is 5.61. The molecule has 1 aromatic heterocycles. The normalized spacial score (nSPS) is 14.4. The van der Waals surface area contributed by atoms with Gasteiger partial charge in [0.15, 0.2) is 0 Å². The summed E-state index contributed by atoms with van der Waals surface area (Å²) in [4.78, 5) is 28.4. The summed E-state index contributed by atoms with van der Waals surface area (Å²) >= 11 is 1.69. The molecule has 2 amide bonds. The Bertz CT molecular complexity index is 976. The second kappa shape index (κ2) is 10.4. The minimum atomic E-state index is 0.00183. The van der Waals surface area contributed by atoms with E-state index in [0.29, 0.717) is 25.2 Å². The number of nitrogens with one attached hydrogen (secondary N) is 1. The number of likely N-dealkylation sites (tertiary alicyclic amines) is 1. The van der Waals surface area contributed by atoms with E-state index in [4.69, 9.17) is 0 Å². The first-order chi connectivity index (χ1) is 15.2. The average Bonchev–Trinajstić information content (AvgIpc) is 3.37. The fourth-order valence-electron chi connectivity index (χ4n) is 4.04. The monoisotopic (exact) mass is 432 g/mol. The topological polar surface area (TPSA) is 49.4 Å². The van der Waals surface area contributed by atoms with Gasteiger partial charge in [0.25, 0.3) is 5.91 Å². The molecule has 2 aromatic carbocycles. The minimum absolute atomic E-state index is 0.00183. The van der Waals surface area contributed by atoms with E-state index in [9.17, 15) is 9.59 Å². The molecule has 0 radical (unpaired) electrons. The largest absolute Gasteiger partial charge is 0.356 e. The molecular weight excluding hydrogens is 404 g/mol. The van der Waals surface area contributed by atoms with Crippen LogP contribution in [0.25, 0.3) is 10.4 Å². The first kappa shape index (κ1) is 21.3. The molecule has 0 bridgehead atoms. The summed E-state index contributed by atoms with van der Waals surface area (Å²) in [5, 5.41) is 5.13. The van der Waals surface area contributed by atoms with E-state index >= 15 is 0 Å². The van der Waals surface area contributed by atoms with Crippen molar-refractivity contribution in [3.63, 3.8) is 0 Å². The lowest BCUT2D eigenvalue weighted by Crippen LogP contribution is -2.43. The van der Waals surface area contributed by atoms with E-state index in [1.54, 1.807) is 11.3 Å². The maximum Gasteiger partial charge on any atom is 0.253 e. The third-order valence-corrected chi connectivity index (χ3v) is 6.79.